The number of amides is 1. The van der Waals surface area contributed by atoms with Crippen molar-refractivity contribution >= 4 is 62.4 Å². The van der Waals surface area contributed by atoms with E-state index in [0.29, 0.717) is 34.2 Å². The smallest absolute Gasteiger partial charge is 0.247 e. The Morgan fingerprint density at radius 1 is 1.14 bits per heavy atom. The van der Waals surface area contributed by atoms with Crippen LogP contribution in [0.2, 0.25) is 0 Å². The molecule has 0 aliphatic carbocycles. The molecule has 5 rings (SSSR count). The number of anilines is 4. The minimum atomic E-state index is -0.313. The van der Waals surface area contributed by atoms with Crippen LogP contribution in [0.3, 0.4) is 0 Å². The van der Waals surface area contributed by atoms with Gasteiger partial charge in [-0.05, 0) is 54.1 Å². The van der Waals surface area contributed by atoms with Crippen LogP contribution in [0.15, 0.2) is 66.6 Å². The van der Waals surface area contributed by atoms with E-state index >= 15 is 4.39 Å². The van der Waals surface area contributed by atoms with Gasteiger partial charge in [-0.1, -0.05) is 24.6 Å². The highest BCUT2D eigenvalue weighted by molar-refractivity contribution is 7.96. The summed E-state index contributed by atoms with van der Waals surface area (Å²) < 4.78 is 24.2. The molecule has 0 bridgehead atoms. The van der Waals surface area contributed by atoms with Gasteiger partial charge in [0.15, 0.2) is 0 Å². The Bertz CT molecular complexity index is 1440. The molecule has 2 aromatic carbocycles. The van der Waals surface area contributed by atoms with E-state index < -0.39 is 0 Å². The molecule has 4 aromatic rings. The van der Waals surface area contributed by atoms with Gasteiger partial charge in [0.05, 0.1) is 11.2 Å². The SMILES string of the molecule is C=CC(=O)Nc1cccc(Oc2nc(Nc3ccc(N4CCN(SC)CC4)c(F)c3)nc3ccsc23)c1. The number of ether oxygens (including phenoxy) is 1. The Morgan fingerprint density at radius 3 is 2.73 bits per heavy atom. The number of nitrogens with zero attached hydrogens (tertiary/aromatic N) is 4. The summed E-state index contributed by atoms with van der Waals surface area (Å²) in [6, 6.07) is 13.9. The number of fused-ring (bicyclic) bond motifs is 1. The van der Waals surface area contributed by atoms with Crippen LogP contribution in [-0.4, -0.2) is 52.6 Å². The highest BCUT2D eigenvalue weighted by Crippen LogP contribution is 2.34. The third kappa shape index (κ3) is 5.85. The molecule has 2 aromatic heterocycles. The van der Waals surface area contributed by atoms with E-state index in [4.69, 9.17) is 4.74 Å². The summed E-state index contributed by atoms with van der Waals surface area (Å²) in [7, 11) is 0. The van der Waals surface area contributed by atoms with Crippen molar-refractivity contribution in [3.8, 4) is 11.6 Å². The first kappa shape index (κ1) is 25.0. The number of aromatic nitrogens is 2. The van der Waals surface area contributed by atoms with Crippen LogP contribution in [0.1, 0.15) is 0 Å². The summed E-state index contributed by atoms with van der Waals surface area (Å²) in [5.74, 6) is 0.537. The zero-order valence-electron chi connectivity index (χ0n) is 20.1. The van der Waals surface area contributed by atoms with Gasteiger partial charge in [-0.3, -0.25) is 4.79 Å². The molecule has 0 unspecified atom stereocenters. The van der Waals surface area contributed by atoms with Crippen molar-refractivity contribution in [3.63, 3.8) is 0 Å². The van der Waals surface area contributed by atoms with Crippen molar-refractivity contribution in [2.24, 2.45) is 0 Å². The number of carbonyl (C=O) groups is 1. The van der Waals surface area contributed by atoms with Gasteiger partial charge in [0.2, 0.25) is 17.7 Å². The van der Waals surface area contributed by atoms with Gasteiger partial charge >= 0.3 is 0 Å². The Morgan fingerprint density at radius 2 is 1.97 bits per heavy atom. The van der Waals surface area contributed by atoms with Crippen molar-refractivity contribution in [3.05, 3.63) is 72.4 Å². The van der Waals surface area contributed by atoms with Crippen molar-refractivity contribution in [2.45, 2.75) is 0 Å². The highest BCUT2D eigenvalue weighted by atomic mass is 32.2. The number of thiophene rings is 1. The average molecular weight is 537 g/mol. The van der Waals surface area contributed by atoms with Gasteiger partial charge in [-0.15, -0.1) is 11.3 Å². The zero-order chi connectivity index (χ0) is 25.8. The van der Waals surface area contributed by atoms with Crippen LogP contribution in [0.4, 0.5) is 27.4 Å². The predicted molar refractivity (Wildman–Crippen MR) is 150 cm³/mol. The largest absolute Gasteiger partial charge is 0.437 e. The summed E-state index contributed by atoms with van der Waals surface area (Å²) in [6.07, 6.45) is 3.26. The fraction of sp³-hybridized carbons (Fsp3) is 0.192. The zero-order valence-corrected chi connectivity index (χ0v) is 21.7. The summed E-state index contributed by atoms with van der Waals surface area (Å²) in [4.78, 5) is 22.8. The molecule has 0 radical (unpaired) electrons. The first-order valence-corrected chi connectivity index (χ1v) is 13.7. The van der Waals surface area contributed by atoms with Gasteiger partial charge in [0.1, 0.15) is 16.3 Å². The topological polar surface area (TPSA) is 82.6 Å². The standard InChI is InChI=1S/C26H25FN6O2S2/c1-3-23(34)28-17-5-4-6-19(15-17)35-25-24-21(9-14-37-24)30-26(31-25)29-18-7-8-22(20(27)16-18)32-10-12-33(36-2)13-11-32/h3-9,14-16H,1,10-13H2,2H3,(H,28,34)(H,29,30,31). The van der Waals surface area contributed by atoms with E-state index in [1.54, 1.807) is 42.3 Å². The lowest BCUT2D eigenvalue weighted by Gasteiger charge is -2.34. The van der Waals surface area contributed by atoms with Gasteiger partial charge in [0.25, 0.3) is 0 Å². The molecule has 1 saturated heterocycles. The number of carbonyl (C=O) groups excluding carboxylic acids is 1. The minimum absolute atomic E-state index is 0.290. The molecule has 0 spiro atoms. The monoisotopic (exact) mass is 536 g/mol. The molecule has 3 heterocycles. The van der Waals surface area contributed by atoms with Crippen LogP contribution >= 0.6 is 23.3 Å². The number of piperazine rings is 1. The molecule has 1 amide bonds. The second-order valence-corrected chi connectivity index (χ2v) is 10.00. The van der Waals surface area contributed by atoms with Crippen molar-refractivity contribution < 1.29 is 13.9 Å². The second kappa shape index (κ2) is 11.2. The molecule has 37 heavy (non-hydrogen) atoms. The molecule has 1 fully saturated rings. The molecule has 0 atom stereocenters. The summed E-state index contributed by atoms with van der Waals surface area (Å²) >= 11 is 3.17. The first-order valence-electron chi connectivity index (χ1n) is 11.6. The molecule has 11 heteroatoms. The Kier molecular flexibility index (Phi) is 7.54. The van der Waals surface area contributed by atoms with Gasteiger partial charge in [-0.25, -0.2) is 13.7 Å². The van der Waals surface area contributed by atoms with Crippen molar-refractivity contribution in [2.75, 3.05) is 48.0 Å². The minimum Gasteiger partial charge on any atom is -0.437 e. The van der Waals surface area contributed by atoms with Crippen LogP contribution in [0.5, 0.6) is 11.6 Å². The second-order valence-electron chi connectivity index (χ2n) is 8.20. The third-order valence-electron chi connectivity index (χ3n) is 5.82. The first-order chi connectivity index (χ1) is 18.0. The van der Waals surface area contributed by atoms with E-state index in [2.05, 4.69) is 42.6 Å². The van der Waals surface area contributed by atoms with Crippen LogP contribution in [0.25, 0.3) is 10.2 Å². The van der Waals surface area contributed by atoms with Crippen LogP contribution in [-0.2, 0) is 4.79 Å². The average Bonchev–Trinajstić information content (AvgIpc) is 3.38. The molecular weight excluding hydrogens is 511 g/mol. The fourth-order valence-corrected chi connectivity index (χ4v) is 5.27. The van der Waals surface area contributed by atoms with Gasteiger partial charge in [0, 0.05) is 43.6 Å². The van der Waals surface area contributed by atoms with Gasteiger partial charge in [-0.2, -0.15) is 4.98 Å². The maximum absolute atomic E-state index is 15.0. The lowest BCUT2D eigenvalue weighted by Crippen LogP contribution is -2.43. The Hall–Kier alpha value is -3.67. The van der Waals surface area contributed by atoms with E-state index in [1.165, 1.54) is 23.5 Å². The maximum Gasteiger partial charge on any atom is 0.247 e. The molecular formula is C26H25FN6O2S2. The lowest BCUT2D eigenvalue weighted by molar-refractivity contribution is -0.111. The van der Waals surface area contributed by atoms with Crippen LogP contribution in [0, 0.1) is 5.82 Å². The Labute approximate surface area is 222 Å². The van der Waals surface area contributed by atoms with E-state index in [-0.39, 0.29) is 17.7 Å². The summed E-state index contributed by atoms with van der Waals surface area (Å²) in [6.45, 7) is 6.80. The molecule has 2 N–H and O–H groups in total. The molecule has 0 saturated carbocycles. The van der Waals surface area contributed by atoms with Crippen molar-refractivity contribution in [1.29, 1.82) is 0 Å². The highest BCUT2D eigenvalue weighted by Gasteiger charge is 2.19. The predicted octanol–water partition coefficient (Wildman–Crippen LogP) is 5.89. The van der Waals surface area contributed by atoms with E-state index in [0.717, 1.165) is 30.9 Å². The summed E-state index contributed by atoms with van der Waals surface area (Å²) in [5, 5.41) is 7.72. The Balaban J connectivity index is 1.35. The molecule has 1 aliphatic heterocycles. The molecule has 190 valence electrons. The number of halogens is 1. The number of hydrogen-bond acceptors (Lipinski definition) is 9. The van der Waals surface area contributed by atoms with Crippen molar-refractivity contribution in [1.82, 2.24) is 14.3 Å². The maximum atomic E-state index is 15.0. The quantitative estimate of drug-likeness (QED) is 0.213. The third-order valence-corrected chi connectivity index (χ3v) is 7.59. The van der Waals surface area contributed by atoms with E-state index in [1.807, 2.05) is 17.5 Å². The fourth-order valence-electron chi connectivity index (χ4n) is 3.99. The number of nitrogens with one attached hydrogen (secondary N) is 2. The molecule has 8 nitrogen and oxygen atoms in total. The van der Waals surface area contributed by atoms with Crippen LogP contribution < -0.4 is 20.3 Å². The molecule has 1 aliphatic rings. The number of rotatable bonds is 8. The number of hydrogen-bond donors (Lipinski definition) is 2. The number of benzene rings is 2. The van der Waals surface area contributed by atoms with Gasteiger partial charge < -0.3 is 20.3 Å². The van der Waals surface area contributed by atoms with E-state index in [9.17, 15) is 4.79 Å². The normalized spacial score (nSPS) is 13.9. The summed E-state index contributed by atoms with van der Waals surface area (Å²) in [5.41, 5.74) is 2.41. The lowest BCUT2D eigenvalue weighted by atomic mass is 10.2.